The van der Waals surface area contributed by atoms with Gasteiger partial charge in [-0.15, -0.1) is 0 Å². The lowest BCUT2D eigenvalue weighted by Gasteiger charge is -2.28. The molecule has 1 aliphatic carbocycles. The summed E-state index contributed by atoms with van der Waals surface area (Å²) >= 11 is 0. The first-order valence-electron chi connectivity index (χ1n) is 7.42. The molecule has 0 saturated heterocycles. The Bertz CT molecular complexity index is 876. The number of aromatic amines is 1. The van der Waals surface area contributed by atoms with Gasteiger partial charge in [-0.2, -0.15) is 13.2 Å². The van der Waals surface area contributed by atoms with Gasteiger partial charge in [0.25, 0.3) is 0 Å². The molecule has 0 spiro atoms. The first-order chi connectivity index (χ1) is 11.5. The summed E-state index contributed by atoms with van der Waals surface area (Å²) in [7, 11) is -4.68. The molecular weight excluding hydrogens is 360 g/mol. The highest BCUT2D eigenvalue weighted by molar-refractivity contribution is 7.55. The van der Waals surface area contributed by atoms with Gasteiger partial charge in [-0.3, -0.25) is 4.57 Å². The Balaban J connectivity index is 1.98. The summed E-state index contributed by atoms with van der Waals surface area (Å²) in [5.74, 6) is 0.0851. The summed E-state index contributed by atoms with van der Waals surface area (Å²) in [6.07, 6.45) is -1.55. The Kier molecular flexibility index (Phi) is 4.17. The maximum absolute atomic E-state index is 13.6. The number of nitrogen functional groups attached to an aromatic ring is 1. The topological polar surface area (TPSA) is 125 Å². The molecule has 5 N–H and O–H groups in total. The molecule has 2 atom stereocenters. The second-order valence-corrected chi connectivity index (χ2v) is 7.70. The Morgan fingerprint density at radius 2 is 2.12 bits per heavy atom. The number of hydrogen-bond acceptors (Lipinski definition) is 4. The Morgan fingerprint density at radius 1 is 1.40 bits per heavy atom. The van der Waals surface area contributed by atoms with Crippen LogP contribution in [0, 0.1) is 5.41 Å². The fourth-order valence-corrected chi connectivity index (χ4v) is 3.85. The van der Waals surface area contributed by atoms with Crippen LogP contribution in [0.5, 0.6) is 0 Å². The van der Waals surface area contributed by atoms with Gasteiger partial charge in [-0.25, -0.2) is 9.97 Å². The third kappa shape index (κ3) is 3.29. The molecule has 3 rings (SSSR count). The van der Waals surface area contributed by atoms with Crippen LogP contribution in [0.1, 0.15) is 30.7 Å². The number of alkyl halides is 3. The quantitative estimate of drug-likeness (QED) is 0.610. The molecule has 0 unspecified atom stereocenters. The van der Waals surface area contributed by atoms with Crippen LogP contribution in [-0.4, -0.2) is 30.9 Å². The lowest BCUT2D eigenvalue weighted by Crippen LogP contribution is -2.33. The van der Waals surface area contributed by atoms with E-state index in [4.69, 9.17) is 15.5 Å². The normalized spacial score (nSPS) is 25.2. The summed E-state index contributed by atoms with van der Waals surface area (Å²) in [5.41, 5.74) is 4.98. The van der Waals surface area contributed by atoms with Crippen LogP contribution in [0.15, 0.2) is 24.4 Å². The van der Waals surface area contributed by atoms with Crippen molar-refractivity contribution < 1.29 is 27.5 Å². The molecule has 0 radical (unpaired) electrons. The number of rotatable bonds is 3. The minimum atomic E-state index is -4.68. The van der Waals surface area contributed by atoms with Gasteiger partial charge in [0, 0.05) is 12.0 Å². The van der Waals surface area contributed by atoms with Gasteiger partial charge in [0.1, 0.15) is 11.8 Å². The molecule has 136 valence electrons. The van der Waals surface area contributed by atoms with Gasteiger partial charge in [0.05, 0.1) is 10.9 Å². The molecule has 25 heavy (non-hydrogen) atoms. The molecule has 1 aliphatic rings. The lowest BCUT2D eigenvalue weighted by atomic mass is 9.83. The minimum absolute atomic E-state index is 0.206. The highest BCUT2D eigenvalue weighted by atomic mass is 31.2. The number of hydrogen-bond donors (Lipinski definition) is 4. The van der Waals surface area contributed by atoms with Crippen molar-refractivity contribution >= 4 is 24.4 Å². The molecule has 1 fully saturated rings. The summed E-state index contributed by atoms with van der Waals surface area (Å²) < 4.78 is 51.9. The summed E-state index contributed by atoms with van der Waals surface area (Å²) in [4.78, 5) is 28.6. The van der Waals surface area contributed by atoms with Gasteiger partial charge < -0.3 is 20.5 Å². The third-order valence-electron chi connectivity index (χ3n) is 4.66. The van der Waals surface area contributed by atoms with E-state index in [-0.39, 0.29) is 25.1 Å². The zero-order chi connectivity index (χ0) is 18.5. The van der Waals surface area contributed by atoms with Crippen LogP contribution < -0.4 is 5.73 Å². The van der Waals surface area contributed by atoms with Crippen LogP contribution in [0.4, 0.5) is 19.0 Å². The fraction of sp³-hybridized carbons (Fsp3) is 0.429. The lowest BCUT2D eigenvalue weighted by molar-refractivity contribution is -0.203. The van der Waals surface area contributed by atoms with Crippen molar-refractivity contribution in [3.8, 4) is 0 Å². The molecule has 7 nitrogen and oxygen atoms in total. The minimum Gasteiger partial charge on any atom is -0.382 e. The number of nitrogens with one attached hydrogen (secondary N) is 1. The van der Waals surface area contributed by atoms with Gasteiger partial charge in [0.15, 0.2) is 5.82 Å². The standard InChI is InChI=1S/C14H16F3N4O3P/c15-14(16,17)13(3-4-25(22,23)24)2-1-8(5-13)9-6-19-11-10(9)20-7-21-12(11)18/h3-4,6-8,19H,1-2,5H2,(H2,18,20,21)(H2,22,23,24)/b4-3+/t8-,13+/m0/s1. The van der Waals surface area contributed by atoms with E-state index in [0.29, 0.717) is 28.5 Å². The number of halogens is 3. The summed E-state index contributed by atoms with van der Waals surface area (Å²) in [6, 6.07) is 0. The van der Waals surface area contributed by atoms with Gasteiger partial charge in [-0.05, 0) is 30.7 Å². The highest BCUT2D eigenvalue weighted by Crippen LogP contribution is 2.57. The van der Waals surface area contributed by atoms with Crippen LogP contribution >= 0.6 is 7.60 Å². The summed E-state index contributed by atoms with van der Waals surface area (Å²) in [5, 5.41) is 0. The molecule has 11 heteroatoms. The highest BCUT2D eigenvalue weighted by Gasteiger charge is 2.57. The van der Waals surface area contributed by atoms with E-state index in [1.165, 1.54) is 6.33 Å². The molecular formula is C14H16F3N4O3P. The molecule has 2 aromatic rings. The maximum atomic E-state index is 13.6. The van der Waals surface area contributed by atoms with Gasteiger partial charge in [-0.1, -0.05) is 6.08 Å². The van der Waals surface area contributed by atoms with E-state index in [9.17, 15) is 17.7 Å². The van der Waals surface area contributed by atoms with E-state index in [1.54, 1.807) is 6.20 Å². The van der Waals surface area contributed by atoms with Crippen molar-refractivity contribution in [2.45, 2.75) is 31.4 Å². The molecule has 0 bridgehead atoms. The van der Waals surface area contributed by atoms with Crippen LogP contribution in [0.2, 0.25) is 0 Å². The van der Waals surface area contributed by atoms with E-state index >= 15 is 0 Å². The van der Waals surface area contributed by atoms with Crippen molar-refractivity contribution in [1.29, 1.82) is 0 Å². The second-order valence-electron chi connectivity index (χ2n) is 6.22. The average molecular weight is 376 g/mol. The maximum Gasteiger partial charge on any atom is 0.397 e. The van der Waals surface area contributed by atoms with Crippen LogP contribution in [0.3, 0.4) is 0 Å². The van der Waals surface area contributed by atoms with Crippen molar-refractivity contribution in [1.82, 2.24) is 15.0 Å². The van der Waals surface area contributed by atoms with Crippen molar-refractivity contribution in [3.05, 3.63) is 30.0 Å². The monoisotopic (exact) mass is 376 g/mol. The number of fused-ring (bicyclic) bond motifs is 1. The van der Waals surface area contributed by atoms with Crippen molar-refractivity contribution in [2.75, 3.05) is 5.73 Å². The Morgan fingerprint density at radius 3 is 2.76 bits per heavy atom. The van der Waals surface area contributed by atoms with E-state index in [2.05, 4.69) is 15.0 Å². The predicted molar refractivity (Wildman–Crippen MR) is 84.6 cm³/mol. The first-order valence-corrected chi connectivity index (χ1v) is 9.10. The first kappa shape index (κ1) is 17.9. The zero-order valence-corrected chi connectivity index (χ0v) is 13.8. The number of H-pyrrole nitrogens is 1. The van der Waals surface area contributed by atoms with E-state index < -0.39 is 25.1 Å². The smallest absolute Gasteiger partial charge is 0.382 e. The molecule has 0 aliphatic heterocycles. The fourth-order valence-electron chi connectivity index (χ4n) is 3.37. The average Bonchev–Trinajstić information content (AvgIpc) is 3.08. The zero-order valence-electron chi connectivity index (χ0n) is 12.9. The Hall–Kier alpha value is -1.90. The number of allylic oxidation sites excluding steroid dienone is 1. The molecule has 0 aromatic carbocycles. The van der Waals surface area contributed by atoms with Crippen LogP contribution in [0.25, 0.3) is 11.0 Å². The van der Waals surface area contributed by atoms with Crippen molar-refractivity contribution in [2.24, 2.45) is 5.41 Å². The van der Waals surface area contributed by atoms with E-state index in [1.807, 2.05) is 0 Å². The molecule has 2 heterocycles. The number of aromatic nitrogens is 3. The van der Waals surface area contributed by atoms with E-state index in [0.717, 1.165) is 0 Å². The number of nitrogens with two attached hydrogens (primary N) is 1. The third-order valence-corrected chi connectivity index (χ3v) is 5.20. The molecule has 1 saturated carbocycles. The Labute approximate surface area is 140 Å². The SMILES string of the molecule is Nc1ncnc2c([C@H]3CC[C@](/C=C/P(=O)(O)O)(C(F)(F)F)C3)c[nH]c12. The predicted octanol–water partition coefficient (Wildman–Crippen LogP) is 3.05. The summed E-state index contributed by atoms with van der Waals surface area (Å²) in [6.45, 7) is 0. The van der Waals surface area contributed by atoms with Crippen LogP contribution in [-0.2, 0) is 4.57 Å². The second kappa shape index (κ2) is 5.82. The molecule has 2 aromatic heterocycles. The van der Waals surface area contributed by atoms with Gasteiger partial charge >= 0.3 is 13.8 Å². The van der Waals surface area contributed by atoms with Crippen molar-refractivity contribution in [3.63, 3.8) is 0 Å². The number of anilines is 1. The number of nitrogens with zero attached hydrogens (tertiary/aromatic N) is 2. The molecule has 0 amide bonds. The van der Waals surface area contributed by atoms with Gasteiger partial charge in [0.2, 0.25) is 0 Å². The largest absolute Gasteiger partial charge is 0.397 e.